The number of carbonyl (C=O) groups excluding carboxylic acids is 1. The molecule has 21 heavy (non-hydrogen) atoms. The summed E-state index contributed by atoms with van der Waals surface area (Å²) in [5.41, 5.74) is -1.14. The molecule has 2 N–H and O–H groups in total. The zero-order valence-electron chi connectivity index (χ0n) is 12.9. The van der Waals surface area contributed by atoms with Crippen molar-refractivity contribution in [3.05, 3.63) is 12.7 Å². The number of amides is 2. The van der Waals surface area contributed by atoms with Crippen LogP contribution in [0.1, 0.15) is 32.6 Å². The summed E-state index contributed by atoms with van der Waals surface area (Å²) in [6.45, 7) is 6.90. The van der Waals surface area contributed by atoms with Crippen LogP contribution in [-0.4, -0.2) is 54.4 Å². The number of nitrogens with zero attached hydrogens (tertiary/aromatic N) is 1. The first kappa shape index (κ1) is 17.5. The van der Waals surface area contributed by atoms with Gasteiger partial charge in [-0.3, -0.25) is 0 Å². The van der Waals surface area contributed by atoms with Crippen molar-refractivity contribution in [2.75, 3.05) is 26.8 Å². The Kier molecular flexibility index (Phi) is 6.68. The molecular formula is C15H26N2O4. The molecule has 0 radical (unpaired) electrons. The van der Waals surface area contributed by atoms with E-state index in [0.717, 1.165) is 12.8 Å². The van der Waals surface area contributed by atoms with Gasteiger partial charge in [0.05, 0.1) is 6.61 Å². The third kappa shape index (κ3) is 4.74. The molecule has 0 aliphatic heterocycles. The van der Waals surface area contributed by atoms with E-state index in [9.17, 15) is 14.7 Å². The van der Waals surface area contributed by atoms with Crippen LogP contribution in [0.2, 0.25) is 0 Å². The molecule has 2 amide bonds. The van der Waals surface area contributed by atoms with E-state index >= 15 is 0 Å². The van der Waals surface area contributed by atoms with Crippen molar-refractivity contribution in [3.8, 4) is 0 Å². The second-order valence-corrected chi connectivity index (χ2v) is 5.73. The van der Waals surface area contributed by atoms with Crippen LogP contribution >= 0.6 is 0 Å². The summed E-state index contributed by atoms with van der Waals surface area (Å²) >= 11 is 0. The van der Waals surface area contributed by atoms with Gasteiger partial charge in [0.2, 0.25) is 0 Å². The van der Waals surface area contributed by atoms with Gasteiger partial charge in [-0.1, -0.05) is 13.0 Å². The molecule has 1 saturated carbocycles. The lowest BCUT2D eigenvalue weighted by Gasteiger charge is -2.37. The highest BCUT2D eigenvalue weighted by Crippen LogP contribution is 2.32. The SMILES string of the molecule is C=CCN(CCOC)C(=O)NC1(C(=O)O)CCC(C)CC1. The summed E-state index contributed by atoms with van der Waals surface area (Å²) in [7, 11) is 1.56. The quantitative estimate of drug-likeness (QED) is 0.703. The maximum absolute atomic E-state index is 12.3. The van der Waals surface area contributed by atoms with Gasteiger partial charge in [-0.25, -0.2) is 9.59 Å². The molecule has 0 aromatic carbocycles. The van der Waals surface area contributed by atoms with Crippen molar-refractivity contribution in [2.24, 2.45) is 5.92 Å². The molecule has 0 heterocycles. The number of aliphatic carboxylic acids is 1. The zero-order valence-corrected chi connectivity index (χ0v) is 12.9. The Hall–Kier alpha value is -1.56. The fourth-order valence-corrected chi connectivity index (χ4v) is 2.56. The van der Waals surface area contributed by atoms with Gasteiger partial charge >= 0.3 is 12.0 Å². The van der Waals surface area contributed by atoms with Crippen LogP contribution in [0.5, 0.6) is 0 Å². The van der Waals surface area contributed by atoms with Crippen molar-refractivity contribution in [1.29, 1.82) is 0 Å². The first-order valence-corrected chi connectivity index (χ1v) is 7.35. The van der Waals surface area contributed by atoms with E-state index in [2.05, 4.69) is 18.8 Å². The molecule has 0 bridgehead atoms. The Morgan fingerprint density at radius 3 is 2.57 bits per heavy atom. The van der Waals surface area contributed by atoms with Crippen molar-refractivity contribution >= 4 is 12.0 Å². The molecule has 0 aromatic heterocycles. The van der Waals surface area contributed by atoms with E-state index in [4.69, 9.17) is 4.74 Å². The molecule has 0 saturated heterocycles. The maximum atomic E-state index is 12.3. The lowest BCUT2D eigenvalue weighted by atomic mass is 9.77. The minimum Gasteiger partial charge on any atom is -0.480 e. The van der Waals surface area contributed by atoms with Crippen LogP contribution in [0, 0.1) is 5.92 Å². The highest BCUT2D eigenvalue weighted by Gasteiger charge is 2.43. The van der Waals surface area contributed by atoms with E-state index in [1.165, 1.54) is 4.90 Å². The highest BCUT2D eigenvalue weighted by atomic mass is 16.5. The molecule has 0 atom stereocenters. The first-order valence-electron chi connectivity index (χ1n) is 7.35. The Bertz CT molecular complexity index is 376. The number of rotatable bonds is 7. The second-order valence-electron chi connectivity index (χ2n) is 5.73. The summed E-state index contributed by atoms with van der Waals surface area (Å²) in [5.74, 6) is -0.444. The first-order chi connectivity index (χ1) is 9.95. The minimum absolute atomic E-state index is 0.362. The summed E-state index contributed by atoms with van der Waals surface area (Å²) in [6.07, 6.45) is 4.19. The topological polar surface area (TPSA) is 78.9 Å². The number of carboxylic acid groups (broad SMARTS) is 1. The number of carbonyl (C=O) groups is 2. The van der Waals surface area contributed by atoms with Crippen LogP contribution in [0.4, 0.5) is 4.79 Å². The number of methoxy groups -OCH3 is 1. The average Bonchev–Trinajstić information content (AvgIpc) is 2.45. The van der Waals surface area contributed by atoms with Crippen LogP contribution in [0.3, 0.4) is 0 Å². The summed E-state index contributed by atoms with van der Waals surface area (Å²) in [5, 5.41) is 12.3. The lowest BCUT2D eigenvalue weighted by Crippen LogP contribution is -2.59. The number of urea groups is 1. The van der Waals surface area contributed by atoms with Gasteiger partial charge in [0.25, 0.3) is 0 Å². The van der Waals surface area contributed by atoms with Crippen LogP contribution in [-0.2, 0) is 9.53 Å². The number of hydrogen-bond donors (Lipinski definition) is 2. The molecule has 6 nitrogen and oxygen atoms in total. The molecule has 1 fully saturated rings. The largest absolute Gasteiger partial charge is 0.480 e. The van der Waals surface area contributed by atoms with Gasteiger partial charge in [-0.15, -0.1) is 6.58 Å². The lowest BCUT2D eigenvalue weighted by molar-refractivity contribution is -0.146. The van der Waals surface area contributed by atoms with Crippen molar-refractivity contribution in [1.82, 2.24) is 10.2 Å². The summed E-state index contributed by atoms with van der Waals surface area (Å²) < 4.78 is 4.97. The van der Waals surface area contributed by atoms with Gasteiger partial charge in [0.15, 0.2) is 0 Å². The van der Waals surface area contributed by atoms with Gasteiger partial charge in [-0.2, -0.15) is 0 Å². The normalized spacial score (nSPS) is 25.1. The third-order valence-corrected chi connectivity index (χ3v) is 4.09. The highest BCUT2D eigenvalue weighted by molar-refractivity contribution is 5.86. The zero-order chi connectivity index (χ0) is 15.9. The fourth-order valence-electron chi connectivity index (χ4n) is 2.56. The molecule has 1 aliphatic carbocycles. The molecule has 0 aromatic rings. The van der Waals surface area contributed by atoms with Crippen molar-refractivity contribution < 1.29 is 19.4 Å². The number of ether oxygens (including phenoxy) is 1. The molecule has 0 spiro atoms. The third-order valence-electron chi connectivity index (χ3n) is 4.09. The van der Waals surface area contributed by atoms with E-state index in [-0.39, 0.29) is 6.03 Å². The molecule has 0 unspecified atom stereocenters. The second kappa shape index (κ2) is 8.02. The van der Waals surface area contributed by atoms with Gasteiger partial charge in [-0.05, 0) is 31.6 Å². The number of nitrogens with one attached hydrogen (secondary N) is 1. The van der Waals surface area contributed by atoms with Gasteiger partial charge < -0.3 is 20.1 Å². The van der Waals surface area contributed by atoms with Crippen LogP contribution in [0.15, 0.2) is 12.7 Å². The van der Waals surface area contributed by atoms with E-state index in [1.54, 1.807) is 13.2 Å². The Balaban J connectivity index is 2.74. The molecular weight excluding hydrogens is 272 g/mol. The van der Waals surface area contributed by atoms with Gasteiger partial charge in [0.1, 0.15) is 5.54 Å². The Morgan fingerprint density at radius 1 is 1.48 bits per heavy atom. The van der Waals surface area contributed by atoms with Gasteiger partial charge in [0, 0.05) is 20.2 Å². The standard InChI is InChI=1S/C15H26N2O4/c1-4-9-17(10-11-21-3)14(20)16-15(13(18)19)7-5-12(2)6-8-15/h4,12H,1,5-11H2,2-3H3,(H,16,20)(H,18,19). The fraction of sp³-hybridized carbons (Fsp3) is 0.733. The maximum Gasteiger partial charge on any atom is 0.329 e. The summed E-state index contributed by atoms with van der Waals surface area (Å²) in [4.78, 5) is 25.5. The van der Waals surface area contributed by atoms with E-state index in [1.807, 2.05) is 0 Å². The predicted molar refractivity (Wildman–Crippen MR) is 80.2 cm³/mol. The Morgan fingerprint density at radius 2 is 2.10 bits per heavy atom. The number of carboxylic acids is 1. The monoisotopic (exact) mass is 298 g/mol. The molecule has 6 heteroatoms. The summed E-state index contributed by atoms with van der Waals surface area (Å²) in [6, 6.07) is -0.371. The minimum atomic E-state index is -1.14. The van der Waals surface area contributed by atoms with Crippen molar-refractivity contribution in [3.63, 3.8) is 0 Å². The smallest absolute Gasteiger partial charge is 0.329 e. The van der Waals surface area contributed by atoms with E-state index in [0.29, 0.717) is 38.5 Å². The van der Waals surface area contributed by atoms with Crippen molar-refractivity contribution in [2.45, 2.75) is 38.1 Å². The van der Waals surface area contributed by atoms with Crippen LogP contribution in [0.25, 0.3) is 0 Å². The Labute approximate surface area is 126 Å². The predicted octanol–water partition coefficient (Wildman–Crippen LogP) is 1.86. The molecule has 1 aliphatic rings. The van der Waals surface area contributed by atoms with E-state index < -0.39 is 11.5 Å². The molecule has 120 valence electrons. The molecule has 1 rings (SSSR count). The average molecular weight is 298 g/mol. The number of hydrogen-bond acceptors (Lipinski definition) is 3. The van der Waals surface area contributed by atoms with Crippen LogP contribution < -0.4 is 5.32 Å².